The van der Waals surface area contributed by atoms with Crippen LogP contribution in [0.3, 0.4) is 0 Å². The summed E-state index contributed by atoms with van der Waals surface area (Å²) < 4.78 is 6.03. The van der Waals surface area contributed by atoms with Crippen molar-refractivity contribution in [3.05, 3.63) is 71.8 Å². The number of ether oxygens (including phenoxy) is 1. The Kier molecular flexibility index (Phi) is 8.72. The number of guanidine groups is 1. The monoisotopic (exact) mass is 408 g/mol. The first-order valence-electron chi connectivity index (χ1n) is 11.2. The quantitative estimate of drug-likeness (QED) is 0.486. The van der Waals surface area contributed by atoms with E-state index in [0.717, 1.165) is 45.2 Å². The first-order valence-corrected chi connectivity index (χ1v) is 11.2. The molecule has 0 aromatic heterocycles. The van der Waals surface area contributed by atoms with Gasteiger partial charge >= 0.3 is 0 Å². The molecule has 0 bridgehead atoms. The summed E-state index contributed by atoms with van der Waals surface area (Å²) in [5.41, 5.74) is 2.59. The smallest absolute Gasteiger partial charge is 0.191 e. The molecule has 3 atom stereocenters. The average Bonchev–Trinajstić information content (AvgIpc) is 3.28. The van der Waals surface area contributed by atoms with E-state index in [9.17, 15) is 0 Å². The van der Waals surface area contributed by atoms with Crippen LogP contribution in [0.25, 0.3) is 0 Å². The predicted octanol–water partition coefficient (Wildman–Crippen LogP) is 4.01. The third-order valence-corrected chi connectivity index (χ3v) is 6.00. The lowest BCUT2D eigenvalue weighted by Crippen LogP contribution is -2.44. The maximum absolute atomic E-state index is 6.03. The zero-order valence-electron chi connectivity index (χ0n) is 18.6. The summed E-state index contributed by atoms with van der Waals surface area (Å²) in [4.78, 5) is 6.94. The van der Waals surface area contributed by atoms with Crippen molar-refractivity contribution in [2.24, 2.45) is 10.9 Å². The molecule has 1 aliphatic heterocycles. The first-order chi connectivity index (χ1) is 14.8. The fourth-order valence-corrected chi connectivity index (χ4v) is 4.29. The van der Waals surface area contributed by atoms with Crippen molar-refractivity contribution in [2.75, 3.05) is 39.8 Å². The summed E-state index contributed by atoms with van der Waals surface area (Å²) in [6.07, 6.45) is 1.22. The first kappa shape index (κ1) is 22.3. The second kappa shape index (κ2) is 11.7. The maximum Gasteiger partial charge on any atom is 0.191 e. The minimum atomic E-state index is 0.157. The van der Waals surface area contributed by atoms with Gasteiger partial charge in [-0.15, -0.1) is 0 Å². The van der Waals surface area contributed by atoms with Gasteiger partial charge in [0.1, 0.15) is 0 Å². The van der Waals surface area contributed by atoms with Gasteiger partial charge in [0.05, 0.1) is 12.1 Å². The third-order valence-electron chi connectivity index (χ3n) is 6.00. The van der Waals surface area contributed by atoms with Crippen LogP contribution in [0.15, 0.2) is 65.7 Å². The second-order valence-electron chi connectivity index (χ2n) is 7.73. The van der Waals surface area contributed by atoms with E-state index in [-0.39, 0.29) is 6.10 Å². The summed E-state index contributed by atoms with van der Waals surface area (Å²) >= 11 is 0. The highest BCUT2D eigenvalue weighted by Gasteiger charge is 2.29. The van der Waals surface area contributed by atoms with Crippen LogP contribution in [0.4, 0.5) is 0 Å². The van der Waals surface area contributed by atoms with Gasteiger partial charge in [-0.3, -0.25) is 9.89 Å². The summed E-state index contributed by atoms with van der Waals surface area (Å²) in [6.45, 7) is 8.95. The Morgan fingerprint density at radius 3 is 2.33 bits per heavy atom. The fraction of sp³-hybridized carbons (Fsp3) is 0.480. The van der Waals surface area contributed by atoms with E-state index in [1.165, 1.54) is 11.1 Å². The highest BCUT2D eigenvalue weighted by molar-refractivity contribution is 5.79. The van der Waals surface area contributed by atoms with Gasteiger partial charge in [0, 0.05) is 32.7 Å². The van der Waals surface area contributed by atoms with Crippen molar-refractivity contribution in [3.63, 3.8) is 0 Å². The molecule has 1 fully saturated rings. The van der Waals surface area contributed by atoms with Gasteiger partial charge in [-0.25, -0.2) is 0 Å². The minimum absolute atomic E-state index is 0.157. The normalized spacial score (nSPS) is 20.3. The lowest BCUT2D eigenvalue weighted by Gasteiger charge is -2.31. The molecular weight excluding hydrogens is 372 g/mol. The molecule has 3 rings (SSSR count). The van der Waals surface area contributed by atoms with Crippen LogP contribution in [-0.4, -0.2) is 50.7 Å². The van der Waals surface area contributed by atoms with E-state index in [2.05, 4.69) is 95.0 Å². The summed E-state index contributed by atoms with van der Waals surface area (Å²) in [7, 11) is 1.84. The minimum Gasteiger partial charge on any atom is -0.373 e. The van der Waals surface area contributed by atoms with Crippen molar-refractivity contribution in [2.45, 2.75) is 32.4 Å². The van der Waals surface area contributed by atoms with Crippen molar-refractivity contribution in [1.29, 1.82) is 0 Å². The molecule has 0 radical (unpaired) electrons. The molecule has 1 saturated heterocycles. The fourth-order valence-electron chi connectivity index (χ4n) is 4.29. The number of benzene rings is 2. The van der Waals surface area contributed by atoms with Crippen LogP contribution in [0, 0.1) is 5.92 Å². The van der Waals surface area contributed by atoms with E-state index in [4.69, 9.17) is 4.74 Å². The molecule has 0 saturated carbocycles. The molecule has 2 aromatic carbocycles. The van der Waals surface area contributed by atoms with Crippen molar-refractivity contribution < 1.29 is 4.74 Å². The van der Waals surface area contributed by atoms with Crippen molar-refractivity contribution in [1.82, 2.24) is 15.5 Å². The Morgan fingerprint density at radius 1 is 1.03 bits per heavy atom. The van der Waals surface area contributed by atoms with E-state index in [1.54, 1.807) is 0 Å². The van der Waals surface area contributed by atoms with Gasteiger partial charge in [0.15, 0.2) is 5.96 Å². The van der Waals surface area contributed by atoms with E-state index in [0.29, 0.717) is 12.0 Å². The van der Waals surface area contributed by atoms with E-state index in [1.807, 2.05) is 7.05 Å². The second-order valence-corrected chi connectivity index (χ2v) is 7.73. The van der Waals surface area contributed by atoms with Crippen LogP contribution in [0.2, 0.25) is 0 Å². The molecule has 3 unspecified atom stereocenters. The Hall–Kier alpha value is -2.37. The lowest BCUT2D eigenvalue weighted by molar-refractivity contribution is 0.0915. The molecule has 0 aliphatic carbocycles. The Balaban J connectivity index is 1.58. The highest BCUT2D eigenvalue weighted by atomic mass is 16.5. The Bertz CT molecular complexity index is 761. The number of hydrogen-bond donors (Lipinski definition) is 2. The van der Waals surface area contributed by atoms with Gasteiger partial charge in [-0.05, 0) is 30.6 Å². The molecule has 1 heterocycles. The molecule has 0 amide bonds. The van der Waals surface area contributed by atoms with Crippen LogP contribution in [-0.2, 0) is 4.74 Å². The lowest BCUT2D eigenvalue weighted by atomic mass is 9.95. The zero-order chi connectivity index (χ0) is 21.2. The van der Waals surface area contributed by atoms with E-state index < -0.39 is 0 Å². The number of aliphatic imine (C=N–C) groups is 1. The molecule has 2 N–H and O–H groups in total. The number of nitrogens with zero attached hydrogens (tertiary/aromatic N) is 2. The maximum atomic E-state index is 6.03. The van der Waals surface area contributed by atoms with Gasteiger partial charge in [0.25, 0.3) is 0 Å². The topological polar surface area (TPSA) is 48.9 Å². The molecule has 30 heavy (non-hydrogen) atoms. The van der Waals surface area contributed by atoms with Crippen LogP contribution < -0.4 is 10.6 Å². The van der Waals surface area contributed by atoms with Crippen LogP contribution in [0.1, 0.15) is 43.5 Å². The van der Waals surface area contributed by atoms with Gasteiger partial charge in [-0.1, -0.05) is 74.5 Å². The number of rotatable bonds is 9. The third kappa shape index (κ3) is 5.83. The summed E-state index contributed by atoms with van der Waals surface area (Å²) in [5, 5.41) is 7.09. The van der Waals surface area contributed by atoms with Crippen LogP contribution in [0.5, 0.6) is 0 Å². The molecule has 5 heteroatoms. The Morgan fingerprint density at radius 2 is 1.70 bits per heavy atom. The van der Waals surface area contributed by atoms with Crippen molar-refractivity contribution >= 4 is 5.96 Å². The molecule has 162 valence electrons. The average molecular weight is 409 g/mol. The van der Waals surface area contributed by atoms with Gasteiger partial charge in [0.2, 0.25) is 0 Å². The molecular formula is C25H36N4O. The highest BCUT2D eigenvalue weighted by Crippen LogP contribution is 2.33. The largest absolute Gasteiger partial charge is 0.373 e. The summed E-state index contributed by atoms with van der Waals surface area (Å²) in [6, 6.07) is 21.6. The SMILES string of the molecule is CCN(CC)C(CNC(=NC)NCC1CCOC1c1ccccc1)c1ccccc1. The Labute approximate surface area is 181 Å². The van der Waals surface area contributed by atoms with E-state index >= 15 is 0 Å². The number of nitrogens with one attached hydrogen (secondary N) is 2. The van der Waals surface area contributed by atoms with Crippen molar-refractivity contribution in [3.8, 4) is 0 Å². The number of hydrogen-bond acceptors (Lipinski definition) is 3. The van der Waals surface area contributed by atoms with Crippen LogP contribution >= 0.6 is 0 Å². The molecule has 0 spiro atoms. The molecule has 5 nitrogen and oxygen atoms in total. The van der Waals surface area contributed by atoms with Gasteiger partial charge in [-0.2, -0.15) is 0 Å². The van der Waals surface area contributed by atoms with Gasteiger partial charge < -0.3 is 15.4 Å². The molecule has 1 aliphatic rings. The predicted molar refractivity (Wildman–Crippen MR) is 125 cm³/mol. The zero-order valence-corrected chi connectivity index (χ0v) is 18.6. The number of likely N-dealkylation sites (N-methyl/N-ethyl adjacent to an activating group) is 1. The standard InChI is InChI=1S/C25H36N4O/c1-4-29(5-2)23(20-12-8-6-9-13-20)19-28-25(26-3)27-18-22-16-17-30-24(22)21-14-10-7-11-15-21/h6-15,22-24H,4-5,16-19H2,1-3H3,(H2,26,27,28). The summed E-state index contributed by atoms with van der Waals surface area (Å²) in [5.74, 6) is 1.29. The molecule has 2 aromatic rings.